The maximum Gasteiger partial charge on any atom is 0.329 e. The summed E-state index contributed by atoms with van der Waals surface area (Å²) < 4.78 is 5.63. The van der Waals surface area contributed by atoms with Gasteiger partial charge in [0.2, 0.25) is 11.7 Å². The molecule has 2 heterocycles. The van der Waals surface area contributed by atoms with E-state index in [1.165, 1.54) is 6.92 Å². The number of carbonyl (C=O) groups is 3. The molecule has 2 aromatic heterocycles. The predicted octanol–water partition coefficient (Wildman–Crippen LogP) is 3.36. The van der Waals surface area contributed by atoms with E-state index in [1.807, 2.05) is 24.3 Å². The van der Waals surface area contributed by atoms with Crippen molar-refractivity contribution in [2.24, 2.45) is 0 Å². The number of thiophene rings is 1. The minimum atomic E-state index is -0.888. The predicted molar refractivity (Wildman–Crippen MR) is 104 cm³/mol. The average Bonchev–Trinajstić information content (AvgIpc) is 3.25. The molecule has 3 rings (SSSR count). The second-order valence-corrected chi connectivity index (χ2v) is 7.67. The fraction of sp³-hybridized carbons (Fsp3) is 0.211. The number of amides is 1. The van der Waals surface area contributed by atoms with Gasteiger partial charge in [-0.3, -0.25) is 9.59 Å². The van der Waals surface area contributed by atoms with Crippen molar-refractivity contribution < 1.29 is 19.1 Å². The van der Waals surface area contributed by atoms with Crippen LogP contribution in [0.2, 0.25) is 4.34 Å². The number of para-hydroxylation sites is 1. The van der Waals surface area contributed by atoms with E-state index >= 15 is 0 Å². The first-order valence-corrected chi connectivity index (χ1v) is 9.40. The minimum Gasteiger partial charge on any atom is -0.456 e. The molecule has 0 radical (unpaired) electrons. The van der Waals surface area contributed by atoms with Crippen LogP contribution in [0.25, 0.3) is 10.9 Å². The van der Waals surface area contributed by atoms with E-state index in [0.717, 1.165) is 27.8 Å². The van der Waals surface area contributed by atoms with Gasteiger partial charge in [0.05, 0.1) is 9.21 Å². The largest absolute Gasteiger partial charge is 0.456 e. The first kappa shape index (κ1) is 19.1. The van der Waals surface area contributed by atoms with Crippen LogP contribution in [0.3, 0.4) is 0 Å². The minimum absolute atomic E-state index is 0.251. The number of Topliss-reactive ketones (excluding diaryl/α,β-unsaturated/α-hetero) is 1. The number of hydrogen-bond acceptors (Lipinski definition) is 5. The summed E-state index contributed by atoms with van der Waals surface area (Å²) in [7, 11) is 0. The molecule has 0 spiro atoms. The highest BCUT2D eigenvalue weighted by molar-refractivity contribution is 7.18. The molecule has 0 aliphatic carbocycles. The lowest BCUT2D eigenvalue weighted by molar-refractivity contribution is -0.146. The van der Waals surface area contributed by atoms with Crippen molar-refractivity contribution in [3.63, 3.8) is 0 Å². The lowest BCUT2D eigenvalue weighted by atomic mass is 10.0. The Morgan fingerprint density at radius 3 is 2.70 bits per heavy atom. The average molecular weight is 405 g/mol. The number of carbonyl (C=O) groups excluding carboxylic acids is 3. The zero-order chi connectivity index (χ0) is 19.4. The van der Waals surface area contributed by atoms with E-state index in [-0.39, 0.29) is 18.1 Å². The Morgan fingerprint density at radius 2 is 2.00 bits per heavy atom. The molecule has 0 bridgehead atoms. The summed E-state index contributed by atoms with van der Waals surface area (Å²) in [5.41, 5.74) is 1.81. The molecule has 8 heteroatoms. The zero-order valence-electron chi connectivity index (χ0n) is 14.5. The second-order valence-electron chi connectivity index (χ2n) is 5.95. The molecule has 0 saturated heterocycles. The van der Waals surface area contributed by atoms with Gasteiger partial charge in [0, 0.05) is 30.4 Å². The van der Waals surface area contributed by atoms with Gasteiger partial charge < -0.3 is 15.0 Å². The Labute approximate surface area is 164 Å². The molecule has 0 fully saturated rings. The highest BCUT2D eigenvalue weighted by Crippen LogP contribution is 2.22. The van der Waals surface area contributed by atoms with Crippen LogP contribution >= 0.6 is 22.9 Å². The number of rotatable bonds is 7. The molecule has 1 aromatic carbocycles. The molecule has 0 aliphatic rings. The normalized spacial score (nSPS) is 11.9. The molecular formula is C19H17ClN2O4S. The summed E-state index contributed by atoms with van der Waals surface area (Å²) in [4.78, 5) is 39.6. The Kier molecular flexibility index (Phi) is 5.93. The molecule has 3 aromatic rings. The van der Waals surface area contributed by atoms with Crippen molar-refractivity contribution in [3.8, 4) is 0 Å². The number of H-pyrrole nitrogens is 1. The van der Waals surface area contributed by atoms with Gasteiger partial charge in [-0.05, 0) is 23.8 Å². The van der Waals surface area contributed by atoms with Crippen LogP contribution in [0.4, 0.5) is 0 Å². The van der Waals surface area contributed by atoms with E-state index in [0.29, 0.717) is 9.21 Å². The number of ketones is 1. The van der Waals surface area contributed by atoms with E-state index in [9.17, 15) is 14.4 Å². The number of aromatic amines is 1. The van der Waals surface area contributed by atoms with Gasteiger partial charge >= 0.3 is 5.97 Å². The van der Waals surface area contributed by atoms with E-state index < -0.39 is 18.6 Å². The summed E-state index contributed by atoms with van der Waals surface area (Å²) >= 11 is 6.93. The van der Waals surface area contributed by atoms with Crippen molar-refractivity contribution in [2.75, 3.05) is 6.61 Å². The van der Waals surface area contributed by atoms with Crippen molar-refractivity contribution in [1.82, 2.24) is 10.3 Å². The third-order valence-corrected chi connectivity index (χ3v) is 5.23. The lowest BCUT2D eigenvalue weighted by Gasteiger charge is -2.16. The number of hydrogen-bond donors (Lipinski definition) is 2. The molecule has 0 unspecified atom stereocenters. The van der Waals surface area contributed by atoms with Crippen LogP contribution in [0.15, 0.2) is 42.6 Å². The molecular weight excluding hydrogens is 388 g/mol. The third kappa shape index (κ3) is 4.75. The third-order valence-electron chi connectivity index (χ3n) is 3.95. The number of esters is 1. The summed E-state index contributed by atoms with van der Waals surface area (Å²) in [5, 5.41) is 3.56. The van der Waals surface area contributed by atoms with Gasteiger partial charge in [0.1, 0.15) is 6.04 Å². The number of ether oxygens (including phenoxy) is 1. The number of halogens is 1. The quantitative estimate of drug-likeness (QED) is 0.467. The van der Waals surface area contributed by atoms with Gasteiger partial charge in [-0.15, -0.1) is 11.3 Å². The number of aromatic nitrogens is 1. The Morgan fingerprint density at radius 1 is 1.22 bits per heavy atom. The highest BCUT2D eigenvalue weighted by Gasteiger charge is 2.24. The number of benzene rings is 1. The highest BCUT2D eigenvalue weighted by atomic mass is 35.5. The van der Waals surface area contributed by atoms with E-state index in [1.54, 1.807) is 18.3 Å². The first-order chi connectivity index (χ1) is 12.9. The van der Waals surface area contributed by atoms with Crippen LogP contribution in [0.1, 0.15) is 22.2 Å². The van der Waals surface area contributed by atoms with E-state index in [4.69, 9.17) is 16.3 Å². The molecule has 1 atom stereocenters. The maximum absolute atomic E-state index is 12.5. The molecule has 1 amide bonds. The second kappa shape index (κ2) is 8.37. The van der Waals surface area contributed by atoms with Crippen molar-refractivity contribution in [3.05, 3.63) is 57.4 Å². The molecule has 0 aliphatic heterocycles. The van der Waals surface area contributed by atoms with Crippen molar-refractivity contribution in [2.45, 2.75) is 19.4 Å². The topological polar surface area (TPSA) is 88.3 Å². The Bertz CT molecular complexity index is 994. The SMILES string of the molecule is CC(=O)N[C@@H](Cc1c[nH]c2ccccc12)C(=O)OCC(=O)c1ccc(Cl)s1. The zero-order valence-corrected chi connectivity index (χ0v) is 16.0. The van der Waals surface area contributed by atoms with Crippen molar-refractivity contribution in [1.29, 1.82) is 0 Å². The van der Waals surface area contributed by atoms with Crippen LogP contribution in [0, 0.1) is 0 Å². The lowest BCUT2D eigenvalue weighted by Crippen LogP contribution is -2.42. The van der Waals surface area contributed by atoms with Crippen LogP contribution in [-0.2, 0) is 20.7 Å². The van der Waals surface area contributed by atoms with Crippen LogP contribution in [0.5, 0.6) is 0 Å². The van der Waals surface area contributed by atoms with Crippen LogP contribution < -0.4 is 5.32 Å². The van der Waals surface area contributed by atoms with Crippen LogP contribution in [-0.4, -0.2) is 35.3 Å². The summed E-state index contributed by atoms with van der Waals surface area (Å²) in [5.74, 6) is -1.35. The molecule has 0 saturated carbocycles. The van der Waals surface area contributed by atoms with Gasteiger partial charge in [0.15, 0.2) is 6.61 Å². The number of fused-ring (bicyclic) bond motifs is 1. The molecule has 140 valence electrons. The Balaban J connectivity index is 1.69. The van der Waals surface area contributed by atoms with E-state index in [2.05, 4.69) is 10.3 Å². The standard InChI is InChI=1S/C19H17ClN2O4S/c1-11(23)22-15(8-12-9-21-14-5-3-2-4-13(12)14)19(25)26-10-16(24)17-6-7-18(20)27-17/h2-7,9,15,21H,8,10H2,1H3,(H,22,23)/t15-/m0/s1. The number of nitrogens with one attached hydrogen (secondary N) is 2. The molecule has 6 nitrogen and oxygen atoms in total. The first-order valence-electron chi connectivity index (χ1n) is 8.21. The van der Waals surface area contributed by atoms with Gasteiger partial charge in [0.25, 0.3) is 0 Å². The fourth-order valence-corrected chi connectivity index (χ4v) is 3.70. The van der Waals surface area contributed by atoms with Crippen molar-refractivity contribution >= 4 is 51.5 Å². The molecule has 2 N–H and O–H groups in total. The summed E-state index contributed by atoms with van der Waals surface area (Å²) in [6, 6.07) is 9.97. The summed E-state index contributed by atoms with van der Waals surface area (Å²) in [6.45, 7) is 0.925. The summed E-state index contributed by atoms with van der Waals surface area (Å²) in [6.07, 6.45) is 2.05. The van der Waals surface area contributed by atoms with Gasteiger partial charge in [-0.25, -0.2) is 4.79 Å². The molecule has 27 heavy (non-hydrogen) atoms. The smallest absolute Gasteiger partial charge is 0.329 e. The Hall–Kier alpha value is -2.64. The van der Waals surface area contributed by atoms with Gasteiger partial charge in [-0.2, -0.15) is 0 Å². The van der Waals surface area contributed by atoms with Gasteiger partial charge in [-0.1, -0.05) is 29.8 Å². The maximum atomic E-state index is 12.5. The monoisotopic (exact) mass is 404 g/mol. The fourth-order valence-electron chi connectivity index (χ4n) is 2.73.